The van der Waals surface area contributed by atoms with Crippen molar-refractivity contribution in [1.82, 2.24) is 24.0 Å². The summed E-state index contributed by atoms with van der Waals surface area (Å²) in [5, 5.41) is 0. The monoisotopic (exact) mass is 349 g/mol. The van der Waals surface area contributed by atoms with E-state index in [9.17, 15) is 4.79 Å². The molecule has 6 nitrogen and oxygen atoms in total. The number of imidazole rings is 1. The van der Waals surface area contributed by atoms with Crippen molar-refractivity contribution < 1.29 is 4.79 Å². The second-order valence-corrected chi connectivity index (χ2v) is 6.87. The first-order valence-electron chi connectivity index (χ1n) is 9.02. The Morgan fingerprint density at radius 2 is 2.12 bits per heavy atom. The maximum atomic E-state index is 13.2. The van der Waals surface area contributed by atoms with Gasteiger partial charge >= 0.3 is 0 Å². The number of pyridine rings is 1. The molecular formula is C20H23N5O. The Morgan fingerprint density at radius 1 is 1.23 bits per heavy atom. The average Bonchev–Trinajstić information content (AvgIpc) is 3.30. The smallest absolute Gasteiger partial charge is 0.255 e. The molecule has 26 heavy (non-hydrogen) atoms. The van der Waals surface area contributed by atoms with Crippen LogP contribution < -0.4 is 0 Å². The third kappa shape index (κ3) is 2.92. The zero-order valence-corrected chi connectivity index (χ0v) is 15.2. The highest BCUT2D eigenvalue weighted by Gasteiger charge is 2.27. The standard InChI is InChI=1S/C20H23N5O/c1-15-12-18(16(2)25(15)19-7-3-4-8-22-19)20(26)23-10-5-6-17(13-23)24-11-9-21-14-24/h3-4,7-9,11-12,14,17H,5-6,10,13H2,1-2H3/t17-/m1/s1. The number of carbonyl (C=O) groups excluding carboxylic acids is 1. The number of likely N-dealkylation sites (tertiary alicyclic amines) is 1. The highest BCUT2D eigenvalue weighted by molar-refractivity contribution is 5.96. The molecular weight excluding hydrogens is 326 g/mol. The first-order chi connectivity index (χ1) is 12.6. The van der Waals surface area contributed by atoms with Crippen LogP contribution >= 0.6 is 0 Å². The van der Waals surface area contributed by atoms with Gasteiger partial charge in [0.25, 0.3) is 5.91 Å². The largest absolute Gasteiger partial charge is 0.337 e. The number of carbonyl (C=O) groups is 1. The number of nitrogens with zero attached hydrogens (tertiary/aromatic N) is 5. The van der Waals surface area contributed by atoms with E-state index >= 15 is 0 Å². The molecule has 1 aliphatic heterocycles. The van der Waals surface area contributed by atoms with Crippen molar-refractivity contribution in [3.05, 3.63) is 66.1 Å². The van der Waals surface area contributed by atoms with E-state index in [4.69, 9.17) is 0 Å². The predicted octanol–water partition coefficient (Wildman–Crippen LogP) is 3.16. The van der Waals surface area contributed by atoms with E-state index in [-0.39, 0.29) is 5.91 Å². The van der Waals surface area contributed by atoms with Crippen LogP contribution in [0.25, 0.3) is 5.82 Å². The predicted molar refractivity (Wildman–Crippen MR) is 99.4 cm³/mol. The van der Waals surface area contributed by atoms with Crippen molar-refractivity contribution in [2.45, 2.75) is 32.7 Å². The van der Waals surface area contributed by atoms with Crippen molar-refractivity contribution in [3.63, 3.8) is 0 Å². The molecule has 134 valence electrons. The van der Waals surface area contributed by atoms with Gasteiger partial charge in [-0.2, -0.15) is 0 Å². The Hall–Kier alpha value is -2.89. The molecule has 0 spiro atoms. The highest BCUT2D eigenvalue weighted by Crippen LogP contribution is 2.25. The Labute approximate surface area is 153 Å². The van der Waals surface area contributed by atoms with Crippen molar-refractivity contribution in [2.24, 2.45) is 0 Å². The summed E-state index contributed by atoms with van der Waals surface area (Å²) < 4.78 is 4.15. The summed E-state index contributed by atoms with van der Waals surface area (Å²) in [6, 6.07) is 8.10. The molecule has 1 saturated heterocycles. The van der Waals surface area contributed by atoms with Gasteiger partial charge in [0.1, 0.15) is 5.82 Å². The molecule has 0 saturated carbocycles. The Morgan fingerprint density at radius 3 is 2.85 bits per heavy atom. The zero-order valence-electron chi connectivity index (χ0n) is 15.2. The van der Waals surface area contributed by atoms with E-state index < -0.39 is 0 Å². The molecule has 6 heteroatoms. The first kappa shape index (κ1) is 16.6. The molecule has 3 aromatic heterocycles. The fourth-order valence-electron chi connectivity index (χ4n) is 3.86. The fourth-order valence-corrected chi connectivity index (χ4v) is 3.86. The molecule has 0 unspecified atom stereocenters. The molecule has 0 aliphatic carbocycles. The van der Waals surface area contributed by atoms with E-state index in [1.807, 2.05) is 60.1 Å². The van der Waals surface area contributed by atoms with E-state index in [2.05, 4.69) is 14.5 Å². The number of rotatable bonds is 3. The second-order valence-electron chi connectivity index (χ2n) is 6.87. The lowest BCUT2D eigenvalue weighted by Crippen LogP contribution is -2.40. The number of aromatic nitrogens is 4. The van der Waals surface area contributed by atoms with Crippen LogP contribution in [-0.2, 0) is 0 Å². The average molecular weight is 349 g/mol. The minimum atomic E-state index is 0.102. The summed E-state index contributed by atoms with van der Waals surface area (Å²) >= 11 is 0. The van der Waals surface area contributed by atoms with Gasteiger partial charge in [0.2, 0.25) is 0 Å². The SMILES string of the molecule is Cc1cc(C(=O)N2CCC[C@@H](n3ccnc3)C2)c(C)n1-c1ccccn1. The van der Waals surface area contributed by atoms with Crippen LogP contribution in [-0.4, -0.2) is 43.0 Å². The van der Waals surface area contributed by atoms with Crippen molar-refractivity contribution >= 4 is 5.91 Å². The lowest BCUT2D eigenvalue weighted by Gasteiger charge is -2.33. The van der Waals surface area contributed by atoms with Crippen LogP contribution in [0.2, 0.25) is 0 Å². The van der Waals surface area contributed by atoms with Gasteiger partial charge in [0.05, 0.1) is 17.9 Å². The molecule has 1 atom stereocenters. The van der Waals surface area contributed by atoms with Crippen LogP contribution in [0.1, 0.15) is 40.6 Å². The Balaban J connectivity index is 1.61. The van der Waals surface area contributed by atoms with Crippen LogP contribution in [0.5, 0.6) is 0 Å². The van der Waals surface area contributed by atoms with Crippen LogP contribution in [0.15, 0.2) is 49.2 Å². The van der Waals surface area contributed by atoms with E-state index in [0.717, 1.165) is 48.7 Å². The summed E-state index contributed by atoms with van der Waals surface area (Å²) in [4.78, 5) is 23.7. The molecule has 0 N–H and O–H groups in total. The number of amides is 1. The quantitative estimate of drug-likeness (QED) is 0.730. The van der Waals surface area contributed by atoms with Crippen LogP contribution in [0.3, 0.4) is 0 Å². The summed E-state index contributed by atoms with van der Waals surface area (Å²) in [5.41, 5.74) is 2.73. The fraction of sp³-hybridized carbons (Fsp3) is 0.350. The maximum absolute atomic E-state index is 13.2. The van der Waals surface area contributed by atoms with Crippen LogP contribution in [0.4, 0.5) is 0 Å². The lowest BCUT2D eigenvalue weighted by atomic mass is 10.0. The summed E-state index contributed by atoms with van der Waals surface area (Å²) in [6.45, 7) is 5.54. The van der Waals surface area contributed by atoms with Gasteiger partial charge in [0, 0.05) is 43.1 Å². The molecule has 0 bridgehead atoms. The van der Waals surface area contributed by atoms with Crippen molar-refractivity contribution in [3.8, 4) is 5.82 Å². The minimum Gasteiger partial charge on any atom is -0.337 e. The molecule has 0 aromatic carbocycles. The lowest BCUT2D eigenvalue weighted by molar-refractivity contribution is 0.0678. The zero-order chi connectivity index (χ0) is 18.1. The van der Waals surface area contributed by atoms with Gasteiger partial charge in [-0.05, 0) is 44.9 Å². The van der Waals surface area contributed by atoms with Gasteiger partial charge in [-0.25, -0.2) is 9.97 Å². The van der Waals surface area contributed by atoms with E-state index in [1.54, 1.807) is 12.4 Å². The molecule has 1 amide bonds. The van der Waals surface area contributed by atoms with Crippen molar-refractivity contribution in [2.75, 3.05) is 13.1 Å². The first-order valence-corrected chi connectivity index (χ1v) is 9.02. The van der Waals surface area contributed by atoms with Gasteiger partial charge in [-0.1, -0.05) is 6.07 Å². The Kier molecular flexibility index (Phi) is 4.32. The maximum Gasteiger partial charge on any atom is 0.255 e. The number of hydrogen-bond donors (Lipinski definition) is 0. The Bertz CT molecular complexity index is 898. The minimum absolute atomic E-state index is 0.102. The van der Waals surface area contributed by atoms with Crippen LogP contribution in [0, 0.1) is 13.8 Å². The summed E-state index contributed by atoms with van der Waals surface area (Å²) in [6.07, 6.45) is 9.47. The van der Waals surface area contributed by atoms with E-state index in [0.29, 0.717) is 6.04 Å². The normalized spacial score (nSPS) is 17.5. The summed E-state index contributed by atoms with van der Waals surface area (Å²) in [5.74, 6) is 0.946. The molecule has 1 aliphatic rings. The number of aryl methyl sites for hydroxylation is 1. The molecule has 1 fully saturated rings. The van der Waals surface area contributed by atoms with Gasteiger partial charge in [-0.3, -0.25) is 4.79 Å². The molecule has 4 heterocycles. The van der Waals surface area contributed by atoms with E-state index in [1.165, 1.54) is 0 Å². The van der Waals surface area contributed by atoms with Gasteiger partial charge < -0.3 is 14.0 Å². The number of piperidine rings is 1. The highest BCUT2D eigenvalue weighted by atomic mass is 16.2. The third-order valence-electron chi connectivity index (χ3n) is 5.17. The second kappa shape index (κ2) is 6.78. The molecule has 4 rings (SSSR count). The van der Waals surface area contributed by atoms with Crippen molar-refractivity contribution in [1.29, 1.82) is 0 Å². The molecule has 0 radical (unpaired) electrons. The number of hydrogen-bond acceptors (Lipinski definition) is 3. The molecule has 3 aromatic rings. The van der Waals surface area contributed by atoms with Gasteiger partial charge in [0.15, 0.2) is 0 Å². The third-order valence-corrected chi connectivity index (χ3v) is 5.17. The summed E-state index contributed by atoms with van der Waals surface area (Å²) in [7, 11) is 0. The van der Waals surface area contributed by atoms with Gasteiger partial charge in [-0.15, -0.1) is 0 Å². The topological polar surface area (TPSA) is 56.0 Å².